The molecule has 1 aliphatic heterocycles. The second kappa shape index (κ2) is 7.98. The molecule has 1 N–H and O–H groups in total. The number of nitrogens with one attached hydrogen (secondary N) is 1. The molecular formula is C21H21BrN2O2. The average molecular weight is 413 g/mol. The third-order valence-corrected chi connectivity index (χ3v) is 5.03. The van der Waals surface area contributed by atoms with Crippen LogP contribution in [0.2, 0.25) is 0 Å². The molecule has 1 saturated heterocycles. The van der Waals surface area contributed by atoms with Gasteiger partial charge in [-0.3, -0.25) is 0 Å². The molecule has 0 saturated carbocycles. The second-order valence-electron chi connectivity index (χ2n) is 6.24. The van der Waals surface area contributed by atoms with E-state index >= 15 is 0 Å². The highest BCUT2D eigenvalue weighted by Gasteiger charge is 2.14. The van der Waals surface area contributed by atoms with Crippen molar-refractivity contribution >= 4 is 27.3 Å². The highest BCUT2D eigenvalue weighted by Crippen LogP contribution is 2.28. The van der Waals surface area contributed by atoms with Gasteiger partial charge in [-0.05, 0) is 36.4 Å². The Hall–Kier alpha value is -2.24. The summed E-state index contributed by atoms with van der Waals surface area (Å²) in [6.45, 7) is 4.06. The summed E-state index contributed by atoms with van der Waals surface area (Å²) in [5, 5.41) is 3.52. The van der Waals surface area contributed by atoms with Crippen LogP contribution in [0.1, 0.15) is 5.76 Å². The summed E-state index contributed by atoms with van der Waals surface area (Å²) in [4.78, 5) is 2.36. The molecule has 0 radical (unpaired) electrons. The zero-order valence-electron chi connectivity index (χ0n) is 14.5. The fourth-order valence-corrected chi connectivity index (χ4v) is 3.39. The number of nitrogens with zero attached hydrogens (tertiary/aromatic N) is 1. The molecule has 1 aromatic heterocycles. The van der Waals surface area contributed by atoms with Crippen LogP contribution in [0.4, 0.5) is 11.4 Å². The molecule has 2 aromatic carbocycles. The first kappa shape index (κ1) is 17.2. The normalized spacial score (nSPS) is 14.4. The second-order valence-corrected chi connectivity index (χ2v) is 7.16. The lowest BCUT2D eigenvalue weighted by molar-refractivity contribution is 0.123. The van der Waals surface area contributed by atoms with Crippen molar-refractivity contribution in [1.29, 1.82) is 0 Å². The highest BCUT2D eigenvalue weighted by atomic mass is 79.9. The van der Waals surface area contributed by atoms with Gasteiger partial charge in [-0.15, -0.1) is 0 Å². The van der Waals surface area contributed by atoms with Gasteiger partial charge >= 0.3 is 0 Å². The Balaban J connectivity index is 1.45. The third-order valence-electron chi connectivity index (χ3n) is 4.50. The third kappa shape index (κ3) is 3.94. The van der Waals surface area contributed by atoms with Crippen molar-refractivity contribution in [2.24, 2.45) is 0 Å². The average Bonchev–Trinajstić information content (AvgIpc) is 3.17. The number of para-hydroxylation sites is 2. The van der Waals surface area contributed by atoms with E-state index in [1.54, 1.807) is 0 Å². The Morgan fingerprint density at radius 1 is 0.923 bits per heavy atom. The molecule has 4 rings (SSSR count). The zero-order chi connectivity index (χ0) is 17.8. The minimum Gasteiger partial charge on any atom is -0.459 e. The standard InChI is InChI=1S/C21H21BrN2O2/c22-17-7-5-16(6-8-17)21-10-9-18(26-21)15-23-19-3-1-2-4-20(19)24-11-13-25-14-12-24/h1-10,23H,11-15H2. The Morgan fingerprint density at radius 3 is 2.50 bits per heavy atom. The highest BCUT2D eigenvalue weighted by molar-refractivity contribution is 9.10. The van der Waals surface area contributed by atoms with Gasteiger partial charge in [-0.1, -0.05) is 40.2 Å². The maximum atomic E-state index is 6.01. The molecule has 26 heavy (non-hydrogen) atoms. The molecule has 1 fully saturated rings. The fraction of sp³-hybridized carbons (Fsp3) is 0.238. The topological polar surface area (TPSA) is 37.6 Å². The number of hydrogen-bond acceptors (Lipinski definition) is 4. The maximum Gasteiger partial charge on any atom is 0.134 e. The molecule has 3 aromatic rings. The fourth-order valence-electron chi connectivity index (χ4n) is 3.13. The van der Waals surface area contributed by atoms with Gasteiger partial charge in [-0.2, -0.15) is 0 Å². The number of hydrogen-bond donors (Lipinski definition) is 1. The van der Waals surface area contributed by atoms with Gasteiger partial charge in [0.2, 0.25) is 0 Å². The molecular weight excluding hydrogens is 392 g/mol. The lowest BCUT2D eigenvalue weighted by atomic mass is 10.2. The van der Waals surface area contributed by atoms with Crippen LogP contribution < -0.4 is 10.2 Å². The minimum absolute atomic E-state index is 0.651. The molecule has 0 aliphatic carbocycles. The van der Waals surface area contributed by atoms with Gasteiger partial charge in [0, 0.05) is 23.1 Å². The van der Waals surface area contributed by atoms with Gasteiger partial charge in [0.25, 0.3) is 0 Å². The predicted molar refractivity (Wildman–Crippen MR) is 109 cm³/mol. The summed E-state index contributed by atoms with van der Waals surface area (Å²) >= 11 is 3.46. The van der Waals surface area contributed by atoms with Crippen LogP contribution in [-0.4, -0.2) is 26.3 Å². The molecule has 2 heterocycles. The molecule has 0 bridgehead atoms. The Labute approximate surface area is 161 Å². The van der Waals surface area contributed by atoms with E-state index < -0.39 is 0 Å². The number of ether oxygens (including phenoxy) is 1. The van der Waals surface area contributed by atoms with E-state index in [0.717, 1.165) is 53.5 Å². The molecule has 4 nitrogen and oxygen atoms in total. The summed E-state index contributed by atoms with van der Waals surface area (Å²) in [6, 6.07) is 20.6. The van der Waals surface area contributed by atoms with Crippen molar-refractivity contribution in [3.63, 3.8) is 0 Å². The molecule has 0 spiro atoms. The Morgan fingerprint density at radius 2 is 1.69 bits per heavy atom. The van der Waals surface area contributed by atoms with Gasteiger partial charge in [-0.25, -0.2) is 0 Å². The zero-order valence-corrected chi connectivity index (χ0v) is 16.0. The van der Waals surface area contributed by atoms with E-state index in [9.17, 15) is 0 Å². The van der Waals surface area contributed by atoms with Crippen LogP contribution in [-0.2, 0) is 11.3 Å². The van der Waals surface area contributed by atoms with Crippen LogP contribution in [0.5, 0.6) is 0 Å². The van der Waals surface area contributed by atoms with Crippen molar-refractivity contribution in [3.05, 3.63) is 70.9 Å². The van der Waals surface area contributed by atoms with Crippen LogP contribution in [0.15, 0.2) is 69.6 Å². The van der Waals surface area contributed by atoms with Crippen molar-refractivity contribution in [1.82, 2.24) is 0 Å². The van der Waals surface area contributed by atoms with Gasteiger partial charge < -0.3 is 19.4 Å². The number of benzene rings is 2. The van der Waals surface area contributed by atoms with E-state index in [1.165, 1.54) is 5.69 Å². The lowest BCUT2D eigenvalue weighted by Crippen LogP contribution is -2.36. The largest absolute Gasteiger partial charge is 0.459 e. The van der Waals surface area contributed by atoms with E-state index in [-0.39, 0.29) is 0 Å². The van der Waals surface area contributed by atoms with E-state index in [4.69, 9.17) is 9.15 Å². The molecule has 0 atom stereocenters. The van der Waals surface area contributed by atoms with Crippen molar-refractivity contribution in [2.45, 2.75) is 6.54 Å². The molecule has 0 amide bonds. The smallest absolute Gasteiger partial charge is 0.134 e. The maximum absolute atomic E-state index is 6.01. The molecule has 0 unspecified atom stereocenters. The van der Waals surface area contributed by atoms with E-state index in [1.807, 2.05) is 36.4 Å². The van der Waals surface area contributed by atoms with Crippen molar-refractivity contribution < 1.29 is 9.15 Å². The summed E-state index contributed by atoms with van der Waals surface area (Å²) in [5.41, 5.74) is 3.42. The summed E-state index contributed by atoms with van der Waals surface area (Å²) < 4.78 is 12.5. The number of morpholine rings is 1. The lowest BCUT2D eigenvalue weighted by Gasteiger charge is -2.30. The molecule has 5 heteroatoms. The van der Waals surface area contributed by atoms with Gasteiger partial charge in [0.15, 0.2) is 0 Å². The number of rotatable bonds is 5. The summed E-state index contributed by atoms with van der Waals surface area (Å²) in [6.07, 6.45) is 0. The van der Waals surface area contributed by atoms with Crippen LogP contribution in [0.25, 0.3) is 11.3 Å². The predicted octanol–water partition coefficient (Wildman–Crippen LogP) is 5.16. The van der Waals surface area contributed by atoms with Crippen LogP contribution >= 0.6 is 15.9 Å². The summed E-state index contributed by atoms with van der Waals surface area (Å²) in [5.74, 6) is 1.80. The van der Waals surface area contributed by atoms with Crippen molar-refractivity contribution in [2.75, 3.05) is 36.5 Å². The minimum atomic E-state index is 0.651. The van der Waals surface area contributed by atoms with E-state index in [2.05, 4.69) is 50.4 Å². The first-order valence-corrected chi connectivity index (χ1v) is 9.59. The quantitative estimate of drug-likeness (QED) is 0.627. The van der Waals surface area contributed by atoms with Crippen molar-refractivity contribution in [3.8, 4) is 11.3 Å². The summed E-state index contributed by atoms with van der Waals surface area (Å²) in [7, 11) is 0. The molecule has 1 aliphatic rings. The van der Waals surface area contributed by atoms with E-state index in [0.29, 0.717) is 6.54 Å². The Bertz CT molecular complexity index is 854. The van der Waals surface area contributed by atoms with Crippen LogP contribution in [0.3, 0.4) is 0 Å². The first-order chi connectivity index (χ1) is 12.8. The number of halogens is 1. The Kier molecular flexibility index (Phi) is 5.27. The molecule has 134 valence electrons. The van der Waals surface area contributed by atoms with Gasteiger partial charge in [0.05, 0.1) is 31.1 Å². The monoisotopic (exact) mass is 412 g/mol. The number of anilines is 2. The first-order valence-electron chi connectivity index (χ1n) is 8.80. The van der Waals surface area contributed by atoms with Gasteiger partial charge in [0.1, 0.15) is 11.5 Å². The SMILES string of the molecule is Brc1ccc(-c2ccc(CNc3ccccc3N3CCOCC3)o2)cc1. The number of furan rings is 1. The van der Waals surface area contributed by atoms with Crippen LogP contribution in [0, 0.1) is 0 Å².